The van der Waals surface area contributed by atoms with Crippen molar-refractivity contribution in [2.24, 2.45) is 0 Å². The lowest BCUT2D eigenvalue weighted by Crippen LogP contribution is -2.14. The van der Waals surface area contributed by atoms with Gasteiger partial charge in [0.05, 0.1) is 16.9 Å². The first-order valence-electron chi connectivity index (χ1n) is 9.58. The topological polar surface area (TPSA) is 80.8 Å². The predicted molar refractivity (Wildman–Crippen MR) is 121 cm³/mol. The second-order valence-corrected chi connectivity index (χ2v) is 7.26. The van der Waals surface area contributed by atoms with Gasteiger partial charge in [-0.25, -0.2) is 15.0 Å². The van der Waals surface area contributed by atoms with Crippen LogP contribution < -0.4 is 10.6 Å². The van der Waals surface area contributed by atoms with E-state index >= 15 is 0 Å². The number of nitrogen functional groups attached to an aromatic ring is 1. The van der Waals surface area contributed by atoms with Crippen molar-refractivity contribution in [2.45, 2.75) is 13.8 Å². The van der Waals surface area contributed by atoms with E-state index in [-0.39, 0.29) is 0 Å². The highest BCUT2D eigenvalue weighted by atomic mass is 15.2. The number of nitrogens with two attached hydrogens (primary N) is 1. The summed E-state index contributed by atoms with van der Waals surface area (Å²) in [5, 5.41) is 1.05. The van der Waals surface area contributed by atoms with Crippen molar-refractivity contribution >= 4 is 22.7 Å². The molecule has 0 saturated heterocycles. The molecule has 4 aromatic rings. The van der Waals surface area contributed by atoms with Crippen molar-refractivity contribution in [3.8, 4) is 23.0 Å². The molecule has 0 bridgehead atoms. The van der Waals surface area contributed by atoms with E-state index in [0.717, 1.165) is 39.0 Å². The molecule has 6 heteroatoms. The van der Waals surface area contributed by atoms with Gasteiger partial charge in [-0.05, 0) is 56.2 Å². The monoisotopic (exact) mass is 394 g/mol. The number of hydrogen-bond donors (Lipinski definition) is 1. The van der Waals surface area contributed by atoms with Crippen LogP contribution in [-0.4, -0.2) is 34.0 Å². The van der Waals surface area contributed by atoms with Crippen LogP contribution >= 0.6 is 0 Å². The summed E-state index contributed by atoms with van der Waals surface area (Å²) < 4.78 is 0. The van der Waals surface area contributed by atoms with Crippen LogP contribution in [0.5, 0.6) is 0 Å². The molecule has 0 aliphatic carbocycles. The summed E-state index contributed by atoms with van der Waals surface area (Å²) in [6.45, 7) is 3.95. The van der Waals surface area contributed by atoms with Crippen LogP contribution in [0.2, 0.25) is 0 Å². The third-order valence-corrected chi connectivity index (χ3v) is 4.77. The van der Waals surface area contributed by atoms with Crippen LogP contribution in [0.25, 0.3) is 22.0 Å². The second-order valence-electron chi connectivity index (χ2n) is 7.26. The summed E-state index contributed by atoms with van der Waals surface area (Å²) in [4.78, 5) is 20.0. The van der Waals surface area contributed by atoms with Crippen LogP contribution in [-0.2, 0) is 0 Å². The van der Waals surface area contributed by atoms with E-state index in [9.17, 15) is 0 Å². The summed E-state index contributed by atoms with van der Waals surface area (Å²) in [7, 11) is 3.85. The largest absolute Gasteiger partial charge is 0.384 e. The zero-order valence-corrected chi connectivity index (χ0v) is 17.4. The molecular formula is C24H22N6. The Kier molecular flexibility index (Phi) is 5.03. The Bertz CT molecular complexity index is 1290. The maximum atomic E-state index is 5.96. The average Bonchev–Trinajstić information content (AvgIpc) is 2.72. The highest BCUT2D eigenvalue weighted by Crippen LogP contribution is 2.29. The first-order chi connectivity index (χ1) is 14.4. The van der Waals surface area contributed by atoms with Crippen molar-refractivity contribution in [2.75, 3.05) is 24.7 Å². The number of hydrogen-bond acceptors (Lipinski definition) is 6. The predicted octanol–water partition coefficient (Wildman–Crippen LogP) is 3.75. The molecule has 3 aromatic heterocycles. The van der Waals surface area contributed by atoms with Crippen molar-refractivity contribution in [1.82, 2.24) is 19.9 Å². The molecule has 1 aromatic carbocycles. The number of fused-ring (bicyclic) bond motifs is 1. The highest BCUT2D eigenvalue weighted by molar-refractivity contribution is 5.80. The van der Waals surface area contributed by atoms with Gasteiger partial charge in [-0.1, -0.05) is 12.0 Å². The molecule has 0 aliphatic rings. The fourth-order valence-electron chi connectivity index (χ4n) is 3.34. The van der Waals surface area contributed by atoms with Gasteiger partial charge in [-0.15, -0.1) is 0 Å². The number of nitrogens with zero attached hydrogens (tertiary/aromatic N) is 5. The van der Waals surface area contributed by atoms with E-state index in [1.165, 1.54) is 0 Å². The van der Waals surface area contributed by atoms with Gasteiger partial charge in [0, 0.05) is 42.4 Å². The molecule has 0 spiro atoms. The fourth-order valence-corrected chi connectivity index (χ4v) is 3.34. The number of benzene rings is 1. The smallest absolute Gasteiger partial charge is 0.225 e. The third-order valence-electron chi connectivity index (χ3n) is 4.77. The first-order valence-corrected chi connectivity index (χ1v) is 9.58. The molecule has 0 radical (unpaired) electrons. The third kappa shape index (κ3) is 3.78. The average molecular weight is 394 g/mol. The molecule has 30 heavy (non-hydrogen) atoms. The molecule has 0 saturated carbocycles. The molecule has 2 N–H and O–H groups in total. The molecular weight excluding hydrogens is 372 g/mol. The van der Waals surface area contributed by atoms with Crippen molar-refractivity contribution in [3.05, 3.63) is 71.3 Å². The minimum Gasteiger partial charge on any atom is -0.384 e. The van der Waals surface area contributed by atoms with E-state index in [0.29, 0.717) is 17.5 Å². The van der Waals surface area contributed by atoms with Crippen LogP contribution in [0.3, 0.4) is 0 Å². The van der Waals surface area contributed by atoms with E-state index in [2.05, 4.69) is 31.8 Å². The van der Waals surface area contributed by atoms with E-state index in [1.807, 2.05) is 69.2 Å². The molecule has 0 amide bonds. The van der Waals surface area contributed by atoms with Crippen molar-refractivity contribution < 1.29 is 0 Å². The Labute approximate surface area is 175 Å². The van der Waals surface area contributed by atoms with Crippen molar-refractivity contribution in [1.29, 1.82) is 0 Å². The van der Waals surface area contributed by atoms with Crippen LogP contribution in [0, 0.1) is 25.7 Å². The summed E-state index contributed by atoms with van der Waals surface area (Å²) in [5.74, 6) is 7.51. The lowest BCUT2D eigenvalue weighted by molar-refractivity contribution is 0.958. The molecule has 148 valence electrons. The number of aryl methyl sites for hydroxylation is 2. The van der Waals surface area contributed by atoms with Gasteiger partial charge in [-0.2, -0.15) is 0 Å². The first kappa shape index (κ1) is 19.3. The minimum absolute atomic E-state index is 0.423. The van der Waals surface area contributed by atoms with Gasteiger partial charge in [0.25, 0.3) is 0 Å². The number of anilines is 2. The van der Waals surface area contributed by atoms with Crippen LogP contribution in [0.1, 0.15) is 22.6 Å². The Balaban J connectivity index is 1.82. The number of pyridine rings is 2. The molecule has 0 atom stereocenters. The zero-order chi connectivity index (χ0) is 21.3. The molecule has 6 nitrogen and oxygen atoms in total. The normalized spacial score (nSPS) is 10.5. The standard InChI is InChI=1S/C24H22N6/c1-15-23(16(2)28-24(27-15)30(3)4)19-9-12-22(25)29-21(19)11-8-17-7-10-20-18(14-17)6-5-13-26-20/h5-7,9-10,12-14H,1-4H3,(H2,25,29). The van der Waals surface area contributed by atoms with Crippen molar-refractivity contribution in [3.63, 3.8) is 0 Å². The fraction of sp³-hybridized carbons (Fsp3) is 0.167. The van der Waals surface area contributed by atoms with Gasteiger partial charge in [0.2, 0.25) is 5.95 Å². The summed E-state index contributed by atoms with van der Waals surface area (Å²) >= 11 is 0. The highest BCUT2D eigenvalue weighted by Gasteiger charge is 2.15. The lowest BCUT2D eigenvalue weighted by Gasteiger charge is -2.16. The van der Waals surface area contributed by atoms with Gasteiger partial charge in [0.1, 0.15) is 11.5 Å². The number of aromatic nitrogens is 4. The Hall–Kier alpha value is -3.98. The quantitative estimate of drug-likeness (QED) is 0.522. The Morgan fingerprint density at radius 1 is 0.900 bits per heavy atom. The lowest BCUT2D eigenvalue weighted by atomic mass is 10.0. The second kappa shape index (κ2) is 7.80. The van der Waals surface area contributed by atoms with E-state index in [4.69, 9.17) is 5.73 Å². The summed E-state index contributed by atoms with van der Waals surface area (Å²) in [5.41, 5.74) is 11.9. The molecule has 0 unspecified atom stereocenters. The molecule has 4 rings (SSSR count). The maximum absolute atomic E-state index is 5.96. The number of rotatable bonds is 2. The van der Waals surface area contributed by atoms with Crippen LogP contribution in [0.4, 0.5) is 11.8 Å². The Morgan fingerprint density at radius 3 is 2.40 bits per heavy atom. The van der Waals surface area contributed by atoms with E-state index < -0.39 is 0 Å². The van der Waals surface area contributed by atoms with Gasteiger partial charge in [0.15, 0.2) is 0 Å². The maximum Gasteiger partial charge on any atom is 0.225 e. The van der Waals surface area contributed by atoms with Gasteiger partial charge < -0.3 is 10.6 Å². The van der Waals surface area contributed by atoms with Gasteiger partial charge >= 0.3 is 0 Å². The summed E-state index contributed by atoms with van der Waals surface area (Å²) in [6.07, 6.45) is 1.78. The molecule has 0 aliphatic heterocycles. The van der Waals surface area contributed by atoms with Crippen LogP contribution in [0.15, 0.2) is 48.7 Å². The molecule has 0 fully saturated rings. The van der Waals surface area contributed by atoms with E-state index in [1.54, 1.807) is 12.3 Å². The molecule has 3 heterocycles. The zero-order valence-electron chi connectivity index (χ0n) is 17.4. The summed E-state index contributed by atoms with van der Waals surface area (Å²) in [6, 6.07) is 13.6. The SMILES string of the molecule is Cc1nc(N(C)C)nc(C)c1-c1ccc(N)nc1C#Cc1ccc2ncccc2c1. The minimum atomic E-state index is 0.423. The van der Waals surface area contributed by atoms with Gasteiger partial charge in [-0.3, -0.25) is 4.98 Å². The Morgan fingerprint density at radius 2 is 1.67 bits per heavy atom.